The highest BCUT2D eigenvalue weighted by Gasteiger charge is 2.54. The van der Waals surface area contributed by atoms with Crippen molar-refractivity contribution in [3.05, 3.63) is 23.9 Å². The maximum atomic E-state index is 13.3. The molecule has 1 fully saturated rings. The van der Waals surface area contributed by atoms with Gasteiger partial charge in [0.25, 0.3) is 0 Å². The number of pyridine rings is 1. The van der Waals surface area contributed by atoms with E-state index in [-0.39, 0.29) is 23.2 Å². The highest BCUT2D eigenvalue weighted by atomic mass is 79.9. The molecule has 2 atom stereocenters. The number of rotatable bonds is 5. The van der Waals surface area contributed by atoms with Crippen LogP contribution in [0.5, 0.6) is 0 Å². The standard InChI is InChI=1S/C18H25BrN2O3Si/c1-25(2,3)10-9-24-12-21-16-13(5-4-8-20-16)18(17(21)23)7-6-15(22)14(19)11-18/h4-5,8,14H,6-7,9-12H2,1-3H3. The third-order valence-corrected chi connectivity index (χ3v) is 7.64. The first-order valence-electron chi connectivity index (χ1n) is 8.77. The molecule has 1 aliphatic carbocycles. The summed E-state index contributed by atoms with van der Waals surface area (Å²) in [7, 11) is -1.17. The lowest BCUT2D eigenvalue weighted by molar-refractivity contribution is -0.128. The van der Waals surface area contributed by atoms with Crippen molar-refractivity contribution in [2.24, 2.45) is 0 Å². The molecule has 1 aliphatic heterocycles. The Balaban J connectivity index is 1.80. The second kappa shape index (κ2) is 6.93. The predicted molar refractivity (Wildman–Crippen MR) is 104 cm³/mol. The molecule has 2 heterocycles. The molecule has 136 valence electrons. The quantitative estimate of drug-likeness (QED) is 0.412. The third-order valence-electron chi connectivity index (χ3n) is 5.10. The van der Waals surface area contributed by atoms with E-state index in [0.29, 0.717) is 31.7 Å². The maximum Gasteiger partial charge on any atom is 0.240 e. The summed E-state index contributed by atoms with van der Waals surface area (Å²) >= 11 is 3.46. The molecule has 1 aromatic rings. The van der Waals surface area contributed by atoms with Crippen molar-refractivity contribution in [3.63, 3.8) is 0 Å². The summed E-state index contributed by atoms with van der Waals surface area (Å²) in [5.74, 6) is 0.884. The SMILES string of the molecule is C[Si](C)(C)CCOCN1C(=O)C2(CCC(=O)C(Br)C2)c2cccnc21. The fourth-order valence-corrected chi connectivity index (χ4v) is 5.10. The number of aromatic nitrogens is 1. The molecular formula is C18H25BrN2O3Si. The van der Waals surface area contributed by atoms with Gasteiger partial charge in [0, 0.05) is 32.9 Å². The van der Waals surface area contributed by atoms with E-state index in [2.05, 4.69) is 40.6 Å². The lowest BCUT2D eigenvalue weighted by Crippen LogP contribution is -2.46. The molecule has 1 spiro atoms. The number of hydrogen-bond donors (Lipinski definition) is 0. The molecular weight excluding hydrogens is 400 g/mol. The van der Waals surface area contributed by atoms with Gasteiger partial charge in [-0.2, -0.15) is 0 Å². The second-order valence-electron chi connectivity index (χ2n) is 8.18. The molecule has 25 heavy (non-hydrogen) atoms. The molecule has 3 rings (SSSR count). The van der Waals surface area contributed by atoms with E-state index in [1.807, 2.05) is 12.1 Å². The van der Waals surface area contributed by atoms with E-state index in [4.69, 9.17) is 4.74 Å². The Hall–Kier alpha value is -1.05. The number of carbonyl (C=O) groups is 2. The molecule has 1 saturated carbocycles. The van der Waals surface area contributed by atoms with Crippen LogP contribution in [-0.2, 0) is 19.7 Å². The van der Waals surface area contributed by atoms with Gasteiger partial charge in [-0.1, -0.05) is 41.6 Å². The molecule has 0 N–H and O–H groups in total. The van der Waals surface area contributed by atoms with Crippen LogP contribution in [0.2, 0.25) is 25.7 Å². The average Bonchev–Trinajstić information content (AvgIpc) is 2.77. The Morgan fingerprint density at radius 1 is 1.40 bits per heavy atom. The maximum absolute atomic E-state index is 13.3. The Morgan fingerprint density at radius 2 is 2.16 bits per heavy atom. The van der Waals surface area contributed by atoms with Crippen LogP contribution >= 0.6 is 15.9 Å². The van der Waals surface area contributed by atoms with E-state index in [0.717, 1.165) is 11.6 Å². The predicted octanol–water partition coefficient (Wildman–Crippen LogP) is 3.49. The van der Waals surface area contributed by atoms with Gasteiger partial charge in [-0.3, -0.25) is 14.5 Å². The van der Waals surface area contributed by atoms with Crippen LogP contribution in [0.3, 0.4) is 0 Å². The van der Waals surface area contributed by atoms with Crippen molar-refractivity contribution >= 4 is 41.5 Å². The van der Waals surface area contributed by atoms with E-state index < -0.39 is 13.5 Å². The Bertz CT molecular complexity index is 691. The fraction of sp³-hybridized carbons (Fsp3) is 0.611. The van der Waals surface area contributed by atoms with E-state index >= 15 is 0 Å². The molecule has 7 heteroatoms. The van der Waals surface area contributed by atoms with Gasteiger partial charge >= 0.3 is 0 Å². The summed E-state index contributed by atoms with van der Waals surface area (Å²) in [6, 6.07) is 4.90. The lowest BCUT2D eigenvalue weighted by atomic mass is 9.70. The molecule has 5 nitrogen and oxygen atoms in total. The van der Waals surface area contributed by atoms with Crippen LogP contribution in [0.15, 0.2) is 18.3 Å². The lowest BCUT2D eigenvalue weighted by Gasteiger charge is -2.34. The number of Topliss-reactive ketones (excluding diaryl/α,β-unsaturated/α-hetero) is 1. The average molecular weight is 425 g/mol. The van der Waals surface area contributed by atoms with Crippen molar-refractivity contribution in [1.29, 1.82) is 0 Å². The third kappa shape index (κ3) is 3.59. The second-order valence-corrected chi connectivity index (χ2v) is 14.9. The number of nitrogens with zero attached hydrogens (tertiary/aromatic N) is 2. The number of ketones is 1. The number of anilines is 1. The smallest absolute Gasteiger partial charge is 0.240 e. The number of halogens is 1. The van der Waals surface area contributed by atoms with Gasteiger partial charge in [0.05, 0.1) is 10.2 Å². The summed E-state index contributed by atoms with van der Waals surface area (Å²) < 4.78 is 5.82. The summed E-state index contributed by atoms with van der Waals surface area (Å²) in [6.45, 7) is 7.80. The highest BCUT2D eigenvalue weighted by Crippen LogP contribution is 2.49. The van der Waals surface area contributed by atoms with Crippen LogP contribution in [-0.4, -0.2) is 42.9 Å². The zero-order valence-electron chi connectivity index (χ0n) is 15.0. The molecule has 0 bridgehead atoms. The monoisotopic (exact) mass is 424 g/mol. The van der Waals surface area contributed by atoms with Gasteiger partial charge in [0.1, 0.15) is 18.3 Å². The van der Waals surface area contributed by atoms with Gasteiger partial charge in [0.15, 0.2) is 0 Å². The summed E-state index contributed by atoms with van der Waals surface area (Å²) in [6.07, 6.45) is 3.17. The van der Waals surface area contributed by atoms with Crippen molar-refractivity contribution in [3.8, 4) is 0 Å². The van der Waals surface area contributed by atoms with Crippen LogP contribution in [0.4, 0.5) is 5.82 Å². The molecule has 1 aromatic heterocycles. The number of alkyl halides is 1. The van der Waals surface area contributed by atoms with Crippen molar-refractivity contribution < 1.29 is 14.3 Å². The van der Waals surface area contributed by atoms with Crippen LogP contribution < -0.4 is 4.90 Å². The minimum atomic E-state index is -1.17. The normalized spacial score (nSPS) is 26.4. The van der Waals surface area contributed by atoms with Crippen molar-refractivity contribution in [2.75, 3.05) is 18.2 Å². The van der Waals surface area contributed by atoms with Crippen LogP contribution in [0.25, 0.3) is 0 Å². The van der Waals surface area contributed by atoms with Gasteiger partial charge in [-0.05, 0) is 25.0 Å². The first-order chi connectivity index (χ1) is 11.7. The zero-order valence-corrected chi connectivity index (χ0v) is 17.6. The Morgan fingerprint density at radius 3 is 2.84 bits per heavy atom. The molecule has 1 amide bonds. The minimum Gasteiger partial charge on any atom is -0.361 e. The minimum absolute atomic E-state index is 0.0196. The molecule has 2 unspecified atom stereocenters. The zero-order chi connectivity index (χ0) is 18.2. The topological polar surface area (TPSA) is 59.5 Å². The molecule has 0 radical (unpaired) electrons. The number of amides is 1. The summed E-state index contributed by atoms with van der Waals surface area (Å²) in [5, 5.41) is 0. The number of ether oxygens (including phenoxy) is 1. The number of fused-ring (bicyclic) bond motifs is 2. The molecule has 0 saturated heterocycles. The number of hydrogen-bond acceptors (Lipinski definition) is 4. The fourth-order valence-electron chi connectivity index (χ4n) is 3.56. The first-order valence-corrected chi connectivity index (χ1v) is 13.4. The van der Waals surface area contributed by atoms with Crippen molar-refractivity contribution in [1.82, 2.24) is 4.98 Å². The largest absolute Gasteiger partial charge is 0.361 e. The van der Waals surface area contributed by atoms with Gasteiger partial charge in [-0.25, -0.2) is 4.98 Å². The summed E-state index contributed by atoms with van der Waals surface area (Å²) in [5.41, 5.74) is 0.291. The van der Waals surface area contributed by atoms with E-state index in [1.165, 1.54) is 0 Å². The van der Waals surface area contributed by atoms with Crippen molar-refractivity contribution in [2.45, 2.75) is 55.2 Å². The molecule has 0 aromatic carbocycles. The number of carbonyl (C=O) groups excluding carboxylic acids is 2. The van der Waals surface area contributed by atoms with E-state index in [1.54, 1.807) is 11.1 Å². The highest BCUT2D eigenvalue weighted by molar-refractivity contribution is 9.10. The van der Waals surface area contributed by atoms with Crippen LogP contribution in [0, 0.1) is 0 Å². The van der Waals surface area contributed by atoms with Gasteiger partial charge < -0.3 is 4.74 Å². The van der Waals surface area contributed by atoms with Crippen LogP contribution in [0.1, 0.15) is 24.8 Å². The van der Waals surface area contributed by atoms with Gasteiger partial charge in [-0.15, -0.1) is 0 Å². The van der Waals surface area contributed by atoms with E-state index in [9.17, 15) is 9.59 Å². The Labute approximate surface area is 158 Å². The summed E-state index contributed by atoms with van der Waals surface area (Å²) in [4.78, 5) is 31.0. The van der Waals surface area contributed by atoms with Gasteiger partial charge in [0.2, 0.25) is 5.91 Å². The Kier molecular flexibility index (Phi) is 5.19. The first kappa shape index (κ1) is 18.7. The molecule has 2 aliphatic rings.